The summed E-state index contributed by atoms with van der Waals surface area (Å²) in [6, 6.07) is 1.64. The van der Waals surface area contributed by atoms with Crippen molar-refractivity contribution >= 4 is 48.9 Å². The summed E-state index contributed by atoms with van der Waals surface area (Å²) >= 11 is 9.91. The lowest BCUT2D eigenvalue weighted by Gasteiger charge is -2.04. The third-order valence-electron chi connectivity index (χ3n) is 1.86. The largest absolute Gasteiger partial charge is 0.379 e. The smallest absolute Gasteiger partial charge is 0.250 e. The Kier molecular flexibility index (Phi) is 6.39. The molecule has 0 bridgehead atoms. The van der Waals surface area contributed by atoms with Crippen LogP contribution in [0.2, 0.25) is 0 Å². The standard InChI is InChI=1S/C9H13BrClNO3S2/c1-7-6-8(16-9(7)10)17(13,14)12-3-5-15-4-2-11/h6,12H,2-5H2,1H3. The molecule has 0 saturated carbocycles. The molecule has 0 saturated heterocycles. The summed E-state index contributed by atoms with van der Waals surface area (Å²) in [6.07, 6.45) is 0. The highest BCUT2D eigenvalue weighted by atomic mass is 79.9. The number of ether oxygens (including phenoxy) is 1. The van der Waals surface area contributed by atoms with Crippen molar-refractivity contribution in [2.24, 2.45) is 0 Å². The van der Waals surface area contributed by atoms with Gasteiger partial charge in [-0.15, -0.1) is 22.9 Å². The predicted molar refractivity (Wildman–Crippen MR) is 73.5 cm³/mol. The summed E-state index contributed by atoms with van der Waals surface area (Å²) in [6.45, 7) is 2.83. The molecule has 0 spiro atoms. The van der Waals surface area contributed by atoms with Gasteiger partial charge < -0.3 is 4.74 Å². The average molecular weight is 363 g/mol. The van der Waals surface area contributed by atoms with E-state index in [2.05, 4.69) is 20.7 Å². The van der Waals surface area contributed by atoms with Gasteiger partial charge in [0.15, 0.2) is 0 Å². The lowest BCUT2D eigenvalue weighted by molar-refractivity contribution is 0.155. The second-order valence-electron chi connectivity index (χ2n) is 3.22. The number of rotatable bonds is 7. The van der Waals surface area contributed by atoms with Crippen LogP contribution >= 0.6 is 38.9 Å². The van der Waals surface area contributed by atoms with Gasteiger partial charge in [0.05, 0.1) is 17.0 Å². The topological polar surface area (TPSA) is 55.4 Å². The maximum absolute atomic E-state index is 11.8. The summed E-state index contributed by atoms with van der Waals surface area (Å²) in [5.74, 6) is 0.407. The number of hydrogen-bond donors (Lipinski definition) is 1. The van der Waals surface area contributed by atoms with Crippen LogP contribution in [0.5, 0.6) is 0 Å². The zero-order chi connectivity index (χ0) is 12.9. The average Bonchev–Trinajstić information content (AvgIpc) is 2.60. The molecule has 1 aromatic heterocycles. The van der Waals surface area contributed by atoms with Crippen LogP contribution in [0.25, 0.3) is 0 Å². The van der Waals surface area contributed by atoms with Gasteiger partial charge in [-0.1, -0.05) is 0 Å². The highest BCUT2D eigenvalue weighted by Gasteiger charge is 2.17. The molecule has 0 aliphatic heterocycles. The Balaban J connectivity index is 2.51. The van der Waals surface area contributed by atoms with Crippen LogP contribution < -0.4 is 4.72 Å². The van der Waals surface area contributed by atoms with E-state index in [1.54, 1.807) is 6.07 Å². The maximum atomic E-state index is 11.8. The van der Waals surface area contributed by atoms with Gasteiger partial charge >= 0.3 is 0 Å². The van der Waals surface area contributed by atoms with E-state index in [-0.39, 0.29) is 6.54 Å². The molecule has 1 aromatic rings. The van der Waals surface area contributed by atoms with Crippen LogP contribution in [0.4, 0.5) is 0 Å². The van der Waals surface area contributed by atoms with Crippen molar-refractivity contribution in [2.45, 2.75) is 11.1 Å². The molecule has 0 radical (unpaired) electrons. The monoisotopic (exact) mass is 361 g/mol. The Morgan fingerprint density at radius 2 is 2.24 bits per heavy atom. The normalized spacial score (nSPS) is 11.9. The summed E-state index contributed by atoms with van der Waals surface area (Å²) in [5, 5.41) is 0. The lowest BCUT2D eigenvalue weighted by atomic mass is 10.4. The van der Waals surface area contributed by atoms with Crippen LogP contribution in [0.3, 0.4) is 0 Å². The number of thiophene rings is 1. The van der Waals surface area contributed by atoms with Crippen LogP contribution in [-0.4, -0.2) is 34.1 Å². The van der Waals surface area contributed by atoms with E-state index < -0.39 is 10.0 Å². The highest BCUT2D eigenvalue weighted by molar-refractivity contribution is 9.11. The third kappa shape index (κ3) is 4.84. The fourth-order valence-electron chi connectivity index (χ4n) is 1.04. The molecule has 4 nitrogen and oxygen atoms in total. The van der Waals surface area contributed by atoms with Crippen molar-refractivity contribution in [3.63, 3.8) is 0 Å². The van der Waals surface area contributed by atoms with Crippen molar-refractivity contribution in [3.05, 3.63) is 15.4 Å². The molecule has 0 atom stereocenters. The zero-order valence-electron chi connectivity index (χ0n) is 9.20. The van der Waals surface area contributed by atoms with Crippen LogP contribution in [-0.2, 0) is 14.8 Å². The zero-order valence-corrected chi connectivity index (χ0v) is 13.2. The van der Waals surface area contributed by atoms with E-state index in [0.29, 0.717) is 23.3 Å². The molecular weight excluding hydrogens is 350 g/mol. The van der Waals surface area contributed by atoms with E-state index in [1.807, 2.05) is 6.92 Å². The summed E-state index contributed by atoms with van der Waals surface area (Å²) in [5.41, 5.74) is 0.911. The fraction of sp³-hybridized carbons (Fsp3) is 0.556. The summed E-state index contributed by atoms with van der Waals surface area (Å²) < 4.78 is 32.3. The van der Waals surface area contributed by atoms with Gasteiger partial charge in [0.25, 0.3) is 0 Å². The molecule has 0 aromatic carbocycles. The second kappa shape index (κ2) is 7.06. The van der Waals surface area contributed by atoms with Gasteiger partial charge in [0.2, 0.25) is 10.0 Å². The van der Waals surface area contributed by atoms with E-state index in [9.17, 15) is 8.42 Å². The number of aryl methyl sites for hydroxylation is 1. The Bertz CT molecular complexity index is 441. The molecule has 1 rings (SSSR count). The molecule has 0 aliphatic carbocycles. The molecule has 1 heterocycles. The molecule has 1 N–H and O–H groups in total. The third-order valence-corrected chi connectivity index (χ3v) is 6.08. The van der Waals surface area contributed by atoms with E-state index in [4.69, 9.17) is 16.3 Å². The Morgan fingerprint density at radius 3 is 2.76 bits per heavy atom. The molecule has 8 heteroatoms. The van der Waals surface area contributed by atoms with Crippen molar-refractivity contribution in [2.75, 3.05) is 25.6 Å². The van der Waals surface area contributed by atoms with Crippen molar-refractivity contribution in [1.29, 1.82) is 0 Å². The predicted octanol–water partition coefficient (Wildman–Crippen LogP) is 2.35. The van der Waals surface area contributed by atoms with E-state index >= 15 is 0 Å². The lowest BCUT2D eigenvalue weighted by Crippen LogP contribution is -2.27. The minimum atomic E-state index is -3.42. The second-order valence-corrected chi connectivity index (χ2v) is 7.96. The van der Waals surface area contributed by atoms with Gasteiger partial charge in [0, 0.05) is 12.4 Å². The molecule has 17 heavy (non-hydrogen) atoms. The first kappa shape index (κ1) is 15.4. The molecule has 0 aliphatic rings. The van der Waals surface area contributed by atoms with Crippen molar-refractivity contribution in [3.8, 4) is 0 Å². The first-order chi connectivity index (χ1) is 7.97. The number of sulfonamides is 1. The maximum Gasteiger partial charge on any atom is 0.250 e. The Labute approximate surface area is 118 Å². The fourth-order valence-corrected chi connectivity index (χ4v) is 4.43. The van der Waals surface area contributed by atoms with Gasteiger partial charge in [0.1, 0.15) is 4.21 Å². The van der Waals surface area contributed by atoms with Gasteiger partial charge in [-0.2, -0.15) is 0 Å². The van der Waals surface area contributed by atoms with E-state index in [0.717, 1.165) is 9.35 Å². The summed E-state index contributed by atoms with van der Waals surface area (Å²) in [4.78, 5) is 0. The van der Waals surface area contributed by atoms with Crippen LogP contribution in [0.1, 0.15) is 5.56 Å². The quantitative estimate of drug-likeness (QED) is 0.598. The van der Waals surface area contributed by atoms with Crippen LogP contribution in [0.15, 0.2) is 14.1 Å². The SMILES string of the molecule is Cc1cc(S(=O)(=O)NCCOCCCl)sc1Br. The first-order valence-electron chi connectivity index (χ1n) is 4.86. The van der Waals surface area contributed by atoms with Crippen molar-refractivity contribution in [1.82, 2.24) is 4.72 Å². The van der Waals surface area contributed by atoms with Gasteiger partial charge in [-0.3, -0.25) is 0 Å². The molecular formula is C9H13BrClNO3S2. The minimum absolute atomic E-state index is 0.244. The minimum Gasteiger partial charge on any atom is -0.379 e. The first-order valence-corrected chi connectivity index (χ1v) is 8.49. The number of halogens is 2. The summed E-state index contributed by atoms with van der Waals surface area (Å²) in [7, 11) is -3.42. The Morgan fingerprint density at radius 1 is 1.53 bits per heavy atom. The van der Waals surface area contributed by atoms with Gasteiger partial charge in [-0.05, 0) is 34.5 Å². The molecule has 0 fully saturated rings. The molecule has 0 unspecified atom stereocenters. The highest BCUT2D eigenvalue weighted by Crippen LogP contribution is 2.30. The molecule has 0 amide bonds. The van der Waals surface area contributed by atoms with E-state index in [1.165, 1.54) is 11.3 Å². The van der Waals surface area contributed by atoms with Crippen molar-refractivity contribution < 1.29 is 13.2 Å². The van der Waals surface area contributed by atoms with Gasteiger partial charge in [-0.25, -0.2) is 13.1 Å². The number of nitrogens with one attached hydrogen (secondary N) is 1. The number of alkyl halides is 1. The number of hydrogen-bond acceptors (Lipinski definition) is 4. The van der Waals surface area contributed by atoms with Crippen LogP contribution in [0, 0.1) is 6.92 Å². The molecule has 98 valence electrons. The Hall–Kier alpha value is 0.340.